The van der Waals surface area contributed by atoms with Gasteiger partial charge >= 0.3 is 6.03 Å². The number of fused-ring (bicyclic) bond motifs is 3. The topological polar surface area (TPSA) is 129 Å². The van der Waals surface area contributed by atoms with Crippen molar-refractivity contribution in [2.75, 3.05) is 6.61 Å². The molecule has 3 aliphatic rings. The Labute approximate surface area is 209 Å². The van der Waals surface area contributed by atoms with E-state index in [1.54, 1.807) is 33.9 Å². The lowest BCUT2D eigenvalue weighted by molar-refractivity contribution is -0.126. The third kappa shape index (κ3) is 4.30. The van der Waals surface area contributed by atoms with Gasteiger partial charge in [0.15, 0.2) is 0 Å². The number of urea groups is 1. The number of aliphatic hydroxyl groups is 1. The molecule has 3 amide bonds. The van der Waals surface area contributed by atoms with Crippen molar-refractivity contribution in [2.24, 2.45) is 11.8 Å². The number of allylic oxidation sites excluding steroid dienone is 1. The molecule has 5 rings (SSSR count). The molecule has 2 aliphatic heterocycles. The first-order valence-electron chi connectivity index (χ1n) is 12.6. The Morgan fingerprint density at radius 3 is 2.72 bits per heavy atom. The molecule has 0 aromatic carbocycles. The molecule has 1 saturated heterocycles. The SMILES string of the molecule is C/C=C\c1ccc2n(c1=O)C[C@H]1[C@H](CO)[C@@H](C(=O)NCc3ccncn3)N(C(=O)NC3CCCC3)[C@@H]21. The summed E-state index contributed by atoms with van der Waals surface area (Å²) in [5, 5.41) is 16.4. The maximum Gasteiger partial charge on any atom is 0.318 e. The third-order valence-corrected chi connectivity index (χ3v) is 7.72. The molecule has 10 heteroatoms. The summed E-state index contributed by atoms with van der Waals surface area (Å²) < 4.78 is 1.69. The first kappa shape index (κ1) is 24.2. The number of hydrogen-bond donors (Lipinski definition) is 3. The summed E-state index contributed by atoms with van der Waals surface area (Å²) in [7, 11) is 0. The van der Waals surface area contributed by atoms with Crippen LogP contribution in [0.3, 0.4) is 0 Å². The summed E-state index contributed by atoms with van der Waals surface area (Å²) in [4.78, 5) is 50.0. The molecule has 4 heterocycles. The highest BCUT2D eigenvalue weighted by atomic mass is 16.3. The summed E-state index contributed by atoms with van der Waals surface area (Å²) in [6.45, 7) is 2.11. The Hall–Kier alpha value is -3.53. The lowest BCUT2D eigenvalue weighted by atomic mass is 9.88. The standard InChI is InChI=1S/C26H32N6O4/c1-2-5-16-8-9-21-22-19(13-31(21)25(16)35)20(14-33)23(24(34)28-12-18-10-11-27-15-29-18)32(22)26(36)30-17-6-3-4-7-17/h2,5,8-11,15,17,19-20,22-23,33H,3-4,6-7,12-14H2,1H3,(H,28,34)(H,30,36)/b5-2-/t19-,20-,22+,23-/m0/s1. The van der Waals surface area contributed by atoms with Crippen LogP contribution in [0.5, 0.6) is 0 Å². The first-order chi connectivity index (χ1) is 17.5. The van der Waals surface area contributed by atoms with Gasteiger partial charge in [0.05, 0.1) is 18.3 Å². The average Bonchev–Trinajstić information content (AvgIpc) is 3.60. The van der Waals surface area contributed by atoms with E-state index >= 15 is 0 Å². The number of nitrogens with zero attached hydrogens (tertiary/aromatic N) is 4. The van der Waals surface area contributed by atoms with E-state index < -0.39 is 18.0 Å². The number of aromatic nitrogens is 3. The fourth-order valence-corrected chi connectivity index (χ4v) is 6.06. The molecule has 0 unspecified atom stereocenters. The van der Waals surface area contributed by atoms with Crippen LogP contribution in [0.15, 0.2) is 41.6 Å². The minimum atomic E-state index is -0.868. The molecule has 3 N–H and O–H groups in total. The number of hydrogen-bond acceptors (Lipinski definition) is 6. The van der Waals surface area contributed by atoms with E-state index in [2.05, 4.69) is 20.6 Å². The highest BCUT2D eigenvalue weighted by molar-refractivity contribution is 5.88. The monoisotopic (exact) mass is 492 g/mol. The number of rotatable bonds is 6. The fourth-order valence-electron chi connectivity index (χ4n) is 6.06. The van der Waals surface area contributed by atoms with Crippen molar-refractivity contribution < 1.29 is 14.7 Å². The zero-order valence-electron chi connectivity index (χ0n) is 20.3. The zero-order valence-corrected chi connectivity index (χ0v) is 20.3. The predicted octanol–water partition coefficient (Wildman–Crippen LogP) is 1.60. The largest absolute Gasteiger partial charge is 0.396 e. The van der Waals surface area contributed by atoms with E-state index in [4.69, 9.17) is 0 Å². The Kier molecular flexibility index (Phi) is 6.86. The van der Waals surface area contributed by atoms with Gasteiger partial charge in [0, 0.05) is 48.5 Å². The van der Waals surface area contributed by atoms with Crippen molar-refractivity contribution in [2.45, 2.75) is 63.8 Å². The molecule has 2 aromatic heterocycles. The van der Waals surface area contributed by atoms with Gasteiger partial charge in [-0.3, -0.25) is 9.59 Å². The molecular weight excluding hydrogens is 460 g/mol. The molecule has 2 aromatic rings. The van der Waals surface area contributed by atoms with Gasteiger partial charge in [-0.05, 0) is 38.0 Å². The third-order valence-electron chi connectivity index (χ3n) is 7.72. The van der Waals surface area contributed by atoms with Crippen molar-refractivity contribution >= 4 is 18.0 Å². The van der Waals surface area contributed by atoms with Crippen LogP contribution in [-0.2, 0) is 17.9 Å². The molecule has 2 fully saturated rings. The van der Waals surface area contributed by atoms with Crippen molar-refractivity contribution in [3.05, 3.63) is 64.1 Å². The van der Waals surface area contributed by atoms with Crippen molar-refractivity contribution in [1.82, 2.24) is 30.1 Å². The number of pyridine rings is 1. The molecule has 0 spiro atoms. The van der Waals surface area contributed by atoms with Gasteiger partial charge in [-0.1, -0.05) is 25.0 Å². The predicted molar refractivity (Wildman–Crippen MR) is 133 cm³/mol. The summed E-state index contributed by atoms with van der Waals surface area (Å²) in [6.07, 6.45) is 10.5. The Morgan fingerprint density at radius 2 is 2.03 bits per heavy atom. The van der Waals surface area contributed by atoms with E-state index in [1.165, 1.54) is 6.33 Å². The second kappa shape index (κ2) is 10.2. The number of aliphatic hydroxyl groups excluding tert-OH is 1. The van der Waals surface area contributed by atoms with Gasteiger partial charge in [0.25, 0.3) is 5.56 Å². The van der Waals surface area contributed by atoms with E-state index in [0.29, 0.717) is 23.5 Å². The smallest absolute Gasteiger partial charge is 0.318 e. The van der Waals surface area contributed by atoms with Crippen LogP contribution in [0, 0.1) is 11.8 Å². The fraction of sp³-hybridized carbons (Fsp3) is 0.500. The minimum Gasteiger partial charge on any atom is -0.396 e. The highest BCUT2D eigenvalue weighted by Gasteiger charge is 2.57. The van der Waals surface area contributed by atoms with Crippen LogP contribution in [0.1, 0.15) is 55.6 Å². The normalized spacial score (nSPS) is 25.2. The Bertz CT molecular complexity index is 1210. The number of likely N-dealkylation sites (tertiary alicyclic amines) is 1. The molecule has 0 radical (unpaired) electrons. The van der Waals surface area contributed by atoms with Gasteiger partial charge in [-0.2, -0.15) is 0 Å². The quantitative estimate of drug-likeness (QED) is 0.562. The lowest BCUT2D eigenvalue weighted by Crippen LogP contribution is -2.54. The van der Waals surface area contributed by atoms with Crippen LogP contribution < -0.4 is 16.2 Å². The van der Waals surface area contributed by atoms with Crippen LogP contribution in [0.4, 0.5) is 4.79 Å². The number of carbonyl (C=O) groups is 2. The second-order valence-corrected chi connectivity index (χ2v) is 9.79. The van der Waals surface area contributed by atoms with Gasteiger partial charge < -0.3 is 25.2 Å². The molecule has 4 atom stereocenters. The van der Waals surface area contributed by atoms with Gasteiger partial charge in [-0.25, -0.2) is 14.8 Å². The van der Waals surface area contributed by atoms with Crippen molar-refractivity contribution in [1.29, 1.82) is 0 Å². The number of carbonyl (C=O) groups excluding carboxylic acids is 2. The molecule has 1 aliphatic carbocycles. The average molecular weight is 493 g/mol. The zero-order chi connectivity index (χ0) is 25.2. The summed E-state index contributed by atoms with van der Waals surface area (Å²) in [5.74, 6) is -1.12. The summed E-state index contributed by atoms with van der Waals surface area (Å²) in [5.41, 5.74) is 1.79. The van der Waals surface area contributed by atoms with Gasteiger partial charge in [-0.15, -0.1) is 0 Å². The van der Waals surface area contributed by atoms with E-state index in [-0.39, 0.29) is 42.6 Å². The van der Waals surface area contributed by atoms with Crippen LogP contribution >= 0.6 is 0 Å². The number of amides is 3. The second-order valence-electron chi connectivity index (χ2n) is 9.79. The molecule has 0 bridgehead atoms. The lowest BCUT2D eigenvalue weighted by Gasteiger charge is -2.32. The van der Waals surface area contributed by atoms with E-state index in [0.717, 1.165) is 25.7 Å². The van der Waals surface area contributed by atoms with E-state index in [9.17, 15) is 19.5 Å². The maximum atomic E-state index is 13.7. The molecular formula is C26H32N6O4. The van der Waals surface area contributed by atoms with Gasteiger partial charge in [0.1, 0.15) is 12.4 Å². The van der Waals surface area contributed by atoms with E-state index in [1.807, 2.05) is 19.1 Å². The highest BCUT2D eigenvalue weighted by Crippen LogP contribution is 2.49. The van der Waals surface area contributed by atoms with Crippen molar-refractivity contribution in [3.8, 4) is 0 Å². The molecule has 10 nitrogen and oxygen atoms in total. The maximum absolute atomic E-state index is 13.7. The summed E-state index contributed by atoms with van der Waals surface area (Å²) in [6, 6.07) is 3.73. The van der Waals surface area contributed by atoms with Crippen molar-refractivity contribution in [3.63, 3.8) is 0 Å². The van der Waals surface area contributed by atoms with Crippen LogP contribution in [0.2, 0.25) is 0 Å². The minimum absolute atomic E-state index is 0.0644. The Balaban J connectivity index is 1.49. The first-order valence-corrected chi connectivity index (χ1v) is 12.6. The molecule has 1 saturated carbocycles. The Morgan fingerprint density at radius 1 is 1.22 bits per heavy atom. The van der Waals surface area contributed by atoms with Crippen LogP contribution in [-0.4, -0.2) is 55.2 Å². The summed E-state index contributed by atoms with van der Waals surface area (Å²) >= 11 is 0. The molecule has 190 valence electrons. The van der Waals surface area contributed by atoms with Gasteiger partial charge in [0.2, 0.25) is 5.91 Å². The molecule has 36 heavy (non-hydrogen) atoms. The van der Waals surface area contributed by atoms with Crippen LogP contribution in [0.25, 0.3) is 6.08 Å². The number of nitrogens with one attached hydrogen (secondary N) is 2.